The van der Waals surface area contributed by atoms with Crippen LogP contribution in [0.3, 0.4) is 0 Å². The van der Waals surface area contributed by atoms with Gasteiger partial charge in [0.2, 0.25) is 0 Å². The lowest BCUT2D eigenvalue weighted by molar-refractivity contribution is -0.128. The highest BCUT2D eigenvalue weighted by atomic mass is 16.5. The number of hydrogen-bond acceptors (Lipinski definition) is 3. The van der Waals surface area contributed by atoms with Crippen LogP contribution >= 0.6 is 0 Å². The molecule has 0 bridgehead atoms. The van der Waals surface area contributed by atoms with Crippen LogP contribution in [0.5, 0.6) is 11.5 Å². The minimum absolute atomic E-state index is 0.0650. The number of ether oxygens (including phenoxy) is 2. The minimum atomic E-state index is -0.576. The Morgan fingerprint density at radius 2 is 1.61 bits per heavy atom. The van der Waals surface area contributed by atoms with Crippen LogP contribution < -0.4 is 14.8 Å². The van der Waals surface area contributed by atoms with Crippen molar-refractivity contribution >= 4 is 5.91 Å². The number of para-hydroxylation sites is 1. The van der Waals surface area contributed by atoms with Gasteiger partial charge in [0.05, 0.1) is 13.2 Å². The molecule has 0 unspecified atom stereocenters. The molecule has 2 rings (SSSR count). The molecule has 28 heavy (non-hydrogen) atoms. The summed E-state index contributed by atoms with van der Waals surface area (Å²) in [6, 6.07) is 15.7. The van der Waals surface area contributed by atoms with Crippen LogP contribution in [-0.2, 0) is 4.79 Å². The first-order valence-electron chi connectivity index (χ1n) is 10.0. The lowest BCUT2D eigenvalue weighted by atomic mass is 9.96. The van der Waals surface area contributed by atoms with Gasteiger partial charge in [-0.05, 0) is 54.5 Å². The van der Waals surface area contributed by atoms with E-state index < -0.39 is 6.10 Å². The number of nitrogens with one attached hydrogen (secondary N) is 1. The van der Waals surface area contributed by atoms with Crippen LogP contribution in [0.2, 0.25) is 0 Å². The average Bonchev–Trinajstić information content (AvgIpc) is 2.67. The molecule has 4 heteroatoms. The minimum Gasteiger partial charge on any atom is -0.497 e. The third-order valence-electron chi connectivity index (χ3n) is 4.76. The van der Waals surface area contributed by atoms with Crippen molar-refractivity contribution in [2.45, 2.75) is 59.1 Å². The Morgan fingerprint density at radius 3 is 2.18 bits per heavy atom. The second-order valence-corrected chi connectivity index (χ2v) is 7.92. The molecule has 2 aromatic rings. The number of carbonyl (C=O) groups is 1. The van der Waals surface area contributed by atoms with Crippen molar-refractivity contribution in [3.8, 4) is 11.5 Å². The molecule has 0 heterocycles. The molecule has 0 fully saturated rings. The largest absolute Gasteiger partial charge is 0.497 e. The summed E-state index contributed by atoms with van der Waals surface area (Å²) in [5, 5.41) is 3.17. The summed E-state index contributed by atoms with van der Waals surface area (Å²) in [6.45, 7) is 10.3. The Hall–Kier alpha value is -2.49. The Morgan fingerprint density at radius 1 is 0.964 bits per heavy atom. The van der Waals surface area contributed by atoms with Gasteiger partial charge in [-0.1, -0.05) is 58.0 Å². The number of carbonyl (C=O) groups excluding carboxylic acids is 1. The van der Waals surface area contributed by atoms with Crippen LogP contribution in [0.4, 0.5) is 0 Å². The number of rotatable bonds is 9. The Balaban J connectivity index is 2.11. The quantitative estimate of drug-likeness (QED) is 0.623. The summed E-state index contributed by atoms with van der Waals surface area (Å²) in [5.41, 5.74) is 2.17. The van der Waals surface area contributed by atoms with Crippen molar-refractivity contribution in [1.29, 1.82) is 0 Å². The van der Waals surface area contributed by atoms with Crippen molar-refractivity contribution in [2.75, 3.05) is 7.11 Å². The van der Waals surface area contributed by atoms with Crippen molar-refractivity contribution in [2.24, 2.45) is 5.92 Å². The molecule has 1 N–H and O–H groups in total. The third-order valence-corrected chi connectivity index (χ3v) is 4.76. The molecular weight excluding hydrogens is 350 g/mol. The molecule has 4 nitrogen and oxygen atoms in total. The highest BCUT2D eigenvalue weighted by molar-refractivity contribution is 5.81. The first kappa shape index (κ1) is 21.8. The van der Waals surface area contributed by atoms with Crippen LogP contribution in [0.15, 0.2) is 48.5 Å². The van der Waals surface area contributed by atoms with Gasteiger partial charge in [-0.15, -0.1) is 0 Å². The van der Waals surface area contributed by atoms with E-state index >= 15 is 0 Å². The molecule has 0 radical (unpaired) electrons. The lowest BCUT2D eigenvalue weighted by Gasteiger charge is -2.24. The fraction of sp³-hybridized carbons (Fsp3) is 0.458. The molecule has 2 atom stereocenters. The molecule has 0 aliphatic heterocycles. The van der Waals surface area contributed by atoms with Gasteiger partial charge in [-0.2, -0.15) is 0 Å². The van der Waals surface area contributed by atoms with E-state index in [0.29, 0.717) is 11.8 Å². The molecule has 1 amide bonds. The highest BCUT2D eigenvalue weighted by Crippen LogP contribution is 2.27. The van der Waals surface area contributed by atoms with Gasteiger partial charge < -0.3 is 14.8 Å². The number of hydrogen-bond donors (Lipinski definition) is 1. The monoisotopic (exact) mass is 383 g/mol. The average molecular weight is 384 g/mol. The van der Waals surface area contributed by atoms with E-state index in [4.69, 9.17) is 9.47 Å². The fourth-order valence-electron chi connectivity index (χ4n) is 3.18. The zero-order chi connectivity index (χ0) is 20.7. The van der Waals surface area contributed by atoms with Gasteiger partial charge in [0, 0.05) is 0 Å². The van der Waals surface area contributed by atoms with Crippen molar-refractivity contribution in [1.82, 2.24) is 5.32 Å². The molecule has 0 spiro atoms. The molecular formula is C24H33NO3. The summed E-state index contributed by atoms with van der Waals surface area (Å²) in [4.78, 5) is 12.9. The Kier molecular flexibility index (Phi) is 7.91. The first-order valence-corrected chi connectivity index (χ1v) is 10.0. The van der Waals surface area contributed by atoms with E-state index in [2.05, 4.69) is 33.0 Å². The smallest absolute Gasteiger partial charge is 0.261 e. The van der Waals surface area contributed by atoms with E-state index in [9.17, 15) is 4.79 Å². The summed E-state index contributed by atoms with van der Waals surface area (Å²) >= 11 is 0. The predicted octanol–water partition coefficient (Wildman–Crippen LogP) is 5.49. The molecule has 2 aromatic carbocycles. The Bertz CT molecular complexity index is 753. The maximum Gasteiger partial charge on any atom is 0.261 e. The second kappa shape index (κ2) is 10.2. The van der Waals surface area contributed by atoms with E-state index in [-0.39, 0.29) is 11.9 Å². The molecule has 0 aromatic heterocycles. The predicted molar refractivity (Wildman–Crippen MR) is 114 cm³/mol. The van der Waals surface area contributed by atoms with Gasteiger partial charge in [0.15, 0.2) is 6.10 Å². The van der Waals surface area contributed by atoms with E-state index in [1.807, 2.05) is 48.5 Å². The van der Waals surface area contributed by atoms with Gasteiger partial charge >= 0.3 is 0 Å². The van der Waals surface area contributed by atoms with Crippen LogP contribution in [0.1, 0.15) is 64.1 Å². The zero-order valence-electron chi connectivity index (χ0n) is 17.9. The SMILES string of the molecule is COc1ccc([C@@H](CC(C)C)NC(=O)[C@@H](C)Oc2ccccc2C(C)C)cc1. The summed E-state index contributed by atoms with van der Waals surface area (Å²) in [5.74, 6) is 2.25. The van der Waals surface area contributed by atoms with Gasteiger partial charge in [0.25, 0.3) is 5.91 Å². The maximum atomic E-state index is 12.9. The van der Waals surface area contributed by atoms with Crippen LogP contribution in [0.25, 0.3) is 0 Å². The molecule has 0 aliphatic carbocycles. The van der Waals surface area contributed by atoms with Crippen molar-refractivity contribution in [3.63, 3.8) is 0 Å². The van der Waals surface area contributed by atoms with E-state index in [1.165, 1.54) is 0 Å². The van der Waals surface area contributed by atoms with Crippen molar-refractivity contribution < 1.29 is 14.3 Å². The Labute approximate surface area is 169 Å². The zero-order valence-corrected chi connectivity index (χ0v) is 17.9. The van der Waals surface area contributed by atoms with Crippen molar-refractivity contribution in [3.05, 3.63) is 59.7 Å². The van der Waals surface area contributed by atoms with E-state index in [0.717, 1.165) is 29.0 Å². The highest BCUT2D eigenvalue weighted by Gasteiger charge is 2.22. The number of methoxy groups -OCH3 is 1. The standard InChI is InChI=1S/C24H33NO3/c1-16(2)15-22(19-11-13-20(27-6)14-12-19)25-24(26)18(5)28-23-10-8-7-9-21(23)17(3)4/h7-14,16-18,22H,15H2,1-6H3,(H,25,26)/t18-,22-/m1/s1. The molecule has 0 saturated carbocycles. The first-order chi connectivity index (χ1) is 13.3. The van der Waals surface area contributed by atoms with Gasteiger partial charge in [0.1, 0.15) is 11.5 Å². The second-order valence-electron chi connectivity index (χ2n) is 7.92. The molecule has 152 valence electrons. The van der Waals surface area contributed by atoms with Crippen LogP contribution in [-0.4, -0.2) is 19.1 Å². The normalized spacial score (nSPS) is 13.3. The third kappa shape index (κ3) is 6.01. The maximum absolute atomic E-state index is 12.9. The summed E-state index contributed by atoms with van der Waals surface area (Å²) in [7, 11) is 1.65. The number of amides is 1. The lowest BCUT2D eigenvalue weighted by Crippen LogP contribution is -2.39. The summed E-state index contributed by atoms with van der Waals surface area (Å²) in [6.07, 6.45) is 0.278. The molecule has 0 saturated heterocycles. The van der Waals surface area contributed by atoms with Gasteiger partial charge in [-0.3, -0.25) is 4.79 Å². The summed E-state index contributed by atoms with van der Waals surface area (Å²) < 4.78 is 11.3. The molecule has 0 aliphatic rings. The van der Waals surface area contributed by atoms with Gasteiger partial charge in [-0.25, -0.2) is 0 Å². The fourth-order valence-corrected chi connectivity index (χ4v) is 3.18. The van der Waals surface area contributed by atoms with Crippen LogP contribution in [0, 0.1) is 5.92 Å². The topological polar surface area (TPSA) is 47.6 Å². The number of benzene rings is 2. The van der Waals surface area contributed by atoms with E-state index in [1.54, 1.807) is 14.0 Å².